The summed E-state index contributed by atoms with van der Waals surface area (Å²) >= 11 is 6.42. The van der Waals surface area contributed by atoms with Gasteiger partial charge in [0.15, 0.2) is 0 Å². The fraction of sp³-hybridized carbons (Fsp3) is 0.556. The molecule has 4 fully saturated rings. The fourth-order valence-corrected chi connectivity index (χ4v) is 9.31. The molecule has 13 heteroatoms. The quantitative estimate of drug-likeness (QED) is 0.356. The van der Waals surface area contributed by atoms with Gasteiger partial charge < -0.3 is 29.7 Å². The molecule has 1 unspecified atom stereocenters. The molecule has 1 N–H and O–H groups in total. The maximum Gasteiger partial charge on any atom is 0.328 e. The minimum Gasteiger partial charge on any atom is -0.467 e. The molecule has 49 heavy (non-hydrogen) atoms. The lowest BCUT2D eigenvalue weighted by molar-refractivity contribution is -0.158. The molecule has 0 saturated carbocycles. The second kappa shape index (κ2) is 12.9. The van der Waals surface area contributed by atoms with Crippen molar-refractivity contribution in [2.24, 2.45) is 5.92 Å². The Bertz CT molecular complexity index is 1650. The number of likely N-dealkylation sites (tertiary alicyclic amines) is 2. The van der Waals surface area contributed by atoms with Crippen molar-refractivity contribution >= 4 is 47.1 Å². The summed E-state index contributed by atoms with van der Waals surface area (Å²) in [5, 5.41) is 3.25. The summed E-state index contributed by atoms with van der Waals surface area (Å²) in [6.45, 7) is 2.03. The van der Waals surface area contributed by atoms with Crippen molar-refractivity contribution in [3.63, 3.8) is 0 Å². The summed E-state index contributed by atoms with van der Waals surface area (Å²) in [6.07, 6.45) is 11.6. The van der Waals surface area contributed by atoms with E-state index in [1.165, 1.54) is 14.0 Å². The second-order valence-corrected chi connectivity index (χ2v) is 14.4. The topological polar surface area (TPSA) is 137 Å². The van der Waals surface area contributed by atoms with Gasteiger partial charge in [0.2, 0.25) is 23.6 Å². The van der Waals surface area contributed by atoms with Crippen LogP contribution in [0, 0.1) is 5.92 Å². The average Bonchev–Trinajstić information content (AvgIpc) is 3.88. The average molecular weight is 692 g/mol. The maximum absolute atomic E-state index is 14.7. The molecule has 6 heterocycles. The fourth-order valence-electron chi connectivity index (χ4n) is 9.10. The smallest absolute Gasteiger partial charge is 0.328 e. The van der Waals surface area contributed by atoms with Crippen molar-refractivity contribution in [3.05, 3.63) is 59.2 Å². The van der Waals surface area contributed by atoms with Crippen LogP contribution in [0.25, 0.3) is 0 Å². The summed E-state index contributed by atoms with van der Waals surface area (Å²) in [7, 11) is 1.31. The number of carbonyl (C=O) groups is 6. The molecule has 0 aliphatic carbocycles. The third-order valence-corrected chi connectivity index (χ3v) is 11.7. The number of amides is 5. The zero-order valence-electron chi connectivity index (χ0n) is 27.8. The largest absolute Gasteiger partial charge is 0.467 e. The van der Waals surface area contributed by atoms with E-state index in [1.54, 1.807) is 37.8 Å². The van der Waals surface area contributed by atoms with E-state index in [0.29, 0.717) is 68.6 Å². The molecule has 4 saturated heterocycles. The van der Waals surface area contributed by atoms with Crippen molar-refractivity contribution in [1.82, 2.24) is 24.9 Å². The Kier molecular flexibility index (Phi) is 8.79. The van der Waals surface area contributed by atoms with Crippen molar-refractivity contribution in [1.29, 1.82) is 0 Å². The number of halogens is 1. The number of carbonyl (C=O) groups excluding carboxylic acids is 6. The first-order valence-electron chi connectivity index (χ1n) is 17.3. The SMILES string of the molecule is COC(=O)[C@@H]1CC[C@@H]2C=C[C@H]3CCN(C(=O)[C@@H]4CC[C@H]5C=C[C@]6(CCCN6C(=O)C(Cc6ccccc6Cl)NC(C)=O)C(=O)N54)[C@@H]3C(=O)N21. The lowest BCUT2D eigenvalue weighted by Gasteiger charge is -2.45. The number of nitrogens with zero attached hydrogens (tertiary/aromatic N) is 4. The van der Waals surface area contributed by atoms with E-state index in [4.69, 9.17) is 16.3 Å². The number of esters is 1. The minimum atomic E-state index is -1.29. The van der Waals surface area contributed by atoms with Crippen LogP contribution in [0.4, 0.5) is 0 Å². The van der Waals surface area contributed by atoms with E-state index in [0.717, 1.165) is 0 Å². The van der Waals surface area contributed by atoms with E-state index in [-0.39, 0.29) is 54.0 Å². The van der Waals surface area contributed by atoms with E-state index in [2.05, 4.69) is 5.32 Å². The lowest BCUT2D eigenvalue weighted by atomic mass is 9.88. The molecule has 0 aromatic heterocycles. The maximum atomic E-state index is 14.7. The molecule has 6 aliphatic heterocycles. The highest BCUT2D eigenvalue weighted by Crippen LogP contribution is 2.43. The van der Waals surface area contributed by atoms with Gasteiger partial charge in [-0.2, -0.15) is 0 Å². The van der Waals surface area contributed by atoms with Crippen LogP contribution in [0.1, 0.15) is 57.4 Å². The standard InChI is InChI=1S/C36H42ClN5O7/c1-21(43)38-27(20-23-6-3-4-7-26(23)37)31(44)40-18-5-16-36(40)17-14-25-10-12-28(42(25)35(36)48)32(45)39-19-15-22-8-9-24-11-13-29(34(47)49-2)41(24)33(46)30(22)39/h3-4,6-9,14,17,22,24-25,27-30H,5,10-13,15-16,18-20H2,1-2H3,(H,38,43)/t22-,24-,25-,27?,28-,29-,30-,36+/m0/s1. The molecule has 0 radical (unpaired) electrons. The first-order valence-corrected chi connectivity index (χ1v) is 17.7. The van der Waals surface area contributed by atoms with Gasteiger partial charge >= 0.3 is 5.97 Å². The Hall–Kier alpha value is -4.19. The van der Waals surface area contributed by atoms with E-state index >= 15 is 0 Å². The Balaban J connectivity index is 1.14. The molecule has 1 aromatic rings. The molecular weight excluding hydrogens is 650 g/mol. The number of methoxy groups -OCH3 is 1. The number of nitrogens with one attached hydrogen (secondary N) is 1. The van der Waals surface area contributed by atoms with Crippen LogP contribution in [0.15, 0.2) is 48.6 Å². The van der Waals surface area contributed by atoms with Crippen LogP contribution < -0.4 is 5.32 Å². The summed E-state index contributed by atoms with van der Waals surface area (Å²) < 4.78 is 5.01. The molecule has 1 spiro atoms. The van der Waals surface area contributed by atoms with Crippen LogP contribution in [0.2, 0.25) is 5.02 Å². The summed E-state index contributed by atoms with van der Waals surface area (Å²) in [4.78, 5) is 88.8. The molecule has 0 bridgehead atoms. The van der Waals surface area contributed by atoms with Gasteiger partial charge in [-0.25, -0.2) is 4.79 Å². The van der Waals surface area contributed by atoms with Crippen LogP contribution in [0.3, 0.4) is 0 Å². The molecule has 12 nitrogen and oxygen atoms in total. The van der Waals surface area contributed by atoms with Gasteiger partial charge in [0.25, 0.3) is 5.91 Å². The molecule has 1 aromatic carbocycles. The van der Waals surface area contributed by atoms with Gasteiger partial charge in [0.05, 0.1) is 19.2 Å². The summed E-state index contributed by atoms with van der Waals surface area (Å²) in [5.74, 6) is -2.26. The van der Waals surface area contributed by atoms with E-state index in [9.17, 15) is 28.8 Å². The summed E-state index contributed by atoms with van der Waals surface area (Å²) in [6, 6.07) is 3.39. The van der Waals surface area contributed by atoms with Gasteiger partial charge in [0, 0.05) is 37.4 Å². The van der Waals surface area contributed by atoms with Crippen LogP contribution >= 0.6 is 11.6 Å². The highest BCUT2D eigenvalue weighted by atomic mass is 35.5. The Labute approximate surface area is 290 Å². The Morgan fingerprint density at radius 2 is 1.69 bits per heavy atom. The first kappa shape index (κ1) is 33.3. The monoisotopic (exact) mass is 691 g/mol. The number of hydrogen-bond acceptors (Lipinski definition) is 7. The lowest BCUT2D eigenvalue weighted by Crippen LogP contribution is -2.65. The zero-order valence-corrected chi connectivity index (χ0v) is 28.5. The molecule has 7 rings (SSSR count). The van der Waals surface area contributed by atoms with Gasteiger partial charge in [-0.05, 0) is 56.6 Å². The highest BCUT2D eigenvalue weighted by Gasteiger charge is 2.58. The number of benzene rings is 1. The van der Waals surface area contributed by atoms with Gasteiger partial charge in [-0.15, -0.1) is 0 Å². The first-order chi connectivity index (χ1) is 23.6. The van der Waals surface area contributed by atoms with Gasteiger partial charge in [-0.3, -0.25) is 24.0 Å². The van der Waals surface area contributed by atoms with E-state index in [1.807, 2.05) is 30.4 Å². The second-order valence-electron chi connectivity index (χ2n) is 14.0. The third-order valence-electron chi connectivity index (χ3n) is 11.4. The van der Waals surface area contributed by atoms with E-state index < -0.39 is 35.7 Å². The predicted octanol–water partition coefficient (Wildman–Crippen LogP) is 2.00. The third kappa shape index (κ3) is 5.52. The van der Waals surface area contributed by atoms with Gasteiger partial charge in [-0.1, -0.05) is 54.1 Å². The zero-order chi connectivity index (χ0) is 34.6. The number of rotatable bonds is 6. The predicted molar refractivity (Wildman–Crippen MR) is 178 cm³/mol. The number of hydrogen-bond donors (Lipinski definition) is 1. The van der Waals surface area contributed by atoms with Gasteiger partial charge in [0.1, 0.15) is 29.7 Å². The molecule has 8 atom stereocenters. The van der Waals surface area contributed by atoms with Crippen molar-refractivity contribution in [2.75, 3.05) is 20.2 Å². The van der Waals surface area contributed by atoms with Crippen molar-refractivity contribution in [2.45, 2.75) is 100 Å². The number of ether oxygens (including phenoxy) is 1. The summed E-state index contributed by atoms with van der Waals surface area (Å²) in [5.41, 5.74) is -0.594. The van der Waals surface area contributed by atoms with Crippen molar-refractivity contribution < 1.29 is 33.5 Å². The molecular formula is C36H42ClN5O7. The molecule has 6 aliphatic rings. The Morgan fingerprint density at radius 3 is 2.43 bits per heavy atom. The molecule has 260 valence electrons. The van der Waals surface area contributed by atoms with Crippen LogP contribution in [-0.4, -0.2) is 117 Å². The highest BCUT2D eigenvalue weighted by molar-refractivity contribution is 6.31. The number of fused-ring (bicyclic) bond motifs is 3. The normalized spacial score (nSPS) is 32.2. The van der Waals surface area contributed by atoms with Crippen LogP contribution in [0.5, 0.6) is 0 Å². The Morgan fingerprint density at radius 1 is 0.959 bits per heavy atom. The molecule has 5 amide bonds. The minimum absolute atomic E-state index is 0.157. The van der Waals surface area contributed by atoms with Crippen molar-refractivity contribution in [3.8, 4) is 0 Å². The van der Waals surface area contributed by atoms with Crippen LogP contribution in [-0.2, 0) is 39.9 Å².